The van der Waals surface area contributed by atoms with E-state index >= 15 is 0 Å². The highest BCUT2D eigenvalue weighted by Gasteiger charge is 2.28. The SMILES string of the molecule is COC(=O)C(CBr)N(Cc1c(Cl)cccc1Cl)Cc1c(Cl)cccc1Cl. The van der Waals surface area contributed by atoms with Crippen LogP contribution in [0.2, 0.25) is 20.1 Å². The average molecular weight is 500 g/mol. The Morgan fingerprint density at radius 2 is 1.35 bits per heavy atom. The summed E-state index contributed by atoms with van der Waals surface area (Å²) < 4.78 is 4.94. The molecule has 0 bridgehead atoms. The van der Waals surface area contributed by atoms with Crippen molar-refractivity contribution in [2.75, 3.05) is 12.4 Å². The Hall–Kier alpha value is -0.490. The van der Waals surface area contributed by atoms with E-state index in [9.17, 15) is 4.79 Å². The molecule has 0 radical (unpaired) electrons. The van der Waals surface area contributed by atoms with Crippen molar-refractivity contribution in [3.05, 3.63) is 67.6 Å². The summed E-state index contributed by atoms with van der Waals surface area (Å²) in [6.45, 7) is 0.650. The Bertz CT molecular complexity index is 694. The van der Waals surface area contributed by atoms with Crippen molar-refractivity contribution < 1.29 is 9.53 Å². The van der Waals surface area contributed by atoms with Crippen molar-refractivity contribution in [2.45, 2.75) is 19.1 Å². The van der Waals surface area contributed by atoms with Crippen LogP contribution < -0.4 is 0 Å². The molecule has 0 aromatic heterocycles. The van der Waals surface area contributed by atoms with Gasteiger partial charge in [0.05, 0.1) is 7.11 Å². The summed E-state index contributed by atoms with van der Waals surface area (Å²) in [6.07, 6.45) is 0. The molecule has 0 saturated carbocycles. The first-order valence-electron chi connectivity index (χ1n) is 7.62. The minimum atomic E-state index is -0.570. The third-order valence-corrected chi connectivity index (χ3v) is 5.94. The lowest BCUT2D eigenvalue weighted by Gasteiger charge is -2.30. The Labute approximate surface area is 181 Å². The maximum Gasteiger partial charge on any atom is 0.323 e. The Morgan fingerprint density at radius 3 is 1.65 bits per heavy atom. The van der Waals surface area contributed by atoms with E-state index in [1.54, 1.807) is 36.4 Å². The van der Waals surface area contributed by atoms with E-state index in [1.165, 1.54) is 7.11 Å². The largest absolute Gasteiger partial charge is 0.468 e. The molecule has 26 heavy (non-hydrogen) atoms. The number of carbonyl (C=O) groups excluding carboxylic acids is 1. The monoisotopic (exact) mass is 497 g/mol. The van der Waals surface area contributed by atoms with Crippen molar-refractivity contribution in [1.29, 1.82) is 0 Å². The van der Waals surface area contributed by atoms with E-state index in [0.29, 0.717) is 49.6 Å². The molecule has 2 rings (SSSR count). The standard InChI is InChI=1S/C18H16BrCl4NO2/c1-26-18(25)17(8-19)24(9-11-13(20)4-2-5-14(11)21)10-12-15(22)6-3-7-16(12)23/h2-7,17H,8-10H2,1H3. The Morgan fingerprint density at radius 1 is 0.962 bits per heavy atom. The van der Waals surface area contributed by atoms with Crippen LogP contribution >= 0.6 is 62.3 Å². The number of hydrogen-bond acceptors (Lipinski definition) is 3. The smallest absolute Gasteiger partial charge is 0.323 e. The summed E-state index contributed by atoms with van der Waals surface area (Å²) in [4.78, 5) is 14.2. The number of halogens is 5. The second-order valence-electron chi connectivity index (χ2n) is 5.50. The van der Waals surface area contributed by atoms with Gasteiger partial charge in [0, 0.05) is 49.6 Å². The van der Waals surface area contributed by atoms with Crippen molar-refractivity contribution in [3.8, 4) is 0 Å². The number of hydrogen-bond donors (Lipinski definition) is 0. The Balaban J connectivity index is 2.43. The first kappa shape index (κ1) is 21.8. The van der Waals surface area contributed by atoms with Gasteiger partial charge in [-0.15, -0.1) is 0 Å². The van der Waals surface area contributed by atoms with Crippen LogP contribution in [0.1, 0.15) is 11.1 Å². The van der Waals surface area contributed by atoms with Crippen molar-refractivity contribution in [1.82, 2.24) is 4.90 Å². The molecule has 0 aliphatic rings. The van der Waals surface area contributed by atoms with Gasteiger partial charge >= 0.3 is 5.97 Å². The molecular weight excluding hydrogens is 484 g/mol. The van der Waals surface area contributed by atoms with Crippen LogP contribution in [0.5, 0.6) is 0 Å². The van der Waals surface area contributed by atoms with Gasteiger partial charge in [-0.2, -0.15) is 0 Å². The highest BCUT2D eigenvalue weighted by atomic mass is 79.9. The van der Waals surface area contributed by atoms with Gasteiger partial charge in [-0.25, -0.2) is 0 Å². The van der Waals surface area contributed by atoms with E-state index in [0.717, 1.165) is 0 Å². The van der Waals surface area contributed by atoms with Crippen LogP contribution in [-0.2, 0) is 22.6 Å². The highest BCUT2D eigenvalue weighted by molar-refractivity contribution is 9.09. The molecule has 0 amide bonds. The lowest BCUT2D eigenvalue weighted by molar-refractivity contribution is -0.146. The molecule has 0 spiro atoms. The molecule has 0 fully saturated rings. The van der Waals surface area contributed by atoms with Crippen LogP contribution in [0.15, 0.2) is 36.4 Å². The van der Waals surface area contributed by atoms with Gasteiger partial charge in [0.2, 0.25) is 0 Å². The summed E-state index contributed by atoms with van der Waals surface area (Å²) in [5.41, 5.74) is 1.43. The number of esters is 1. The summed E-state index contributed by atoms with van der Waals surface area (Å²) in [6, 6.07) is 9.99. The summed E-state index contributed by atoms with van der Waals surface area (Å²) >= 11 is 28.6. The van der Waals surface area contributed by atoms with Gasteiger partial charge in [-0.05, 0) is 24.3 Å². The topological polar surface area (TPSA) is 29.5 Å². The first-order valence-corrected chi connectivity index (χ1v) is 10.3. The number of alkyl halides is 1. The minimum absolute atomic E-state index is 0.325. The predicted octanol–water partition coefficient (Wildman–Crippen LogP) is 6.24. The van der Waals surface area contributed by atoms with Crippen molar-refractivity contribution >= 4 is 68.3 Å². The second-order valence-corrected chi connectivity index (χ2v) is 7.77. The van der Waals surface area contributed by atoms with Gasteiger partial charge in [0.1, 0.15) is 6.04 Å². The first-order chi connectivity index (χ1) is 12.4. The lowest BCUT2D eigenvalue weighted by atomic mass is 10.1. The van der Waals surface area contributed by atoms with E-state index in [2.05, 4.69) is 15.9 Å². The molecule has 140 valence electrons. The van der Waals surface area contributed by atoms with Gasteiger partial charge in [-0.3, -0.25) is 9.69 Å². The van der Waals surface area contributed by atoms with Gasteiger partial charge < -0.3 is 4.74 Å². The zero-order chi connectivity index (χ0) is 19.3. The fraction of sp³-hybridized carbons (Fsp3) is 0.278. The average Bonchev–Trinajstić information content (AvgIpc) is 2.61. The molecule has 0 N–H and O–H groups in total. The molecule has 3 nitrogen and oxygen atoms in total. The quantitative estimate of drug-likeness (QED) is 0.333. The highest BCUT2D eigenvalue weighted by Crippen LogP contribution is 2.31. The normalized spacial score (nSPS) is 12.3. The predicted molar refractivity (Wildman–Crippen MR) is 112 cm³/mol. The van der Waals surface area contributed by atoms with Crippen molar-refractivity contribution in [3.63, 3.8) is 0 Å². The molecule has 2 aromatic carbocycles. The fourth-order valence-electron chi connectivity index (χ4n) is 2.49. The summed E-state index contributed by atoms with van der Waals surface area (Å²) in [5, 5.41) is 2.44. The van der Waals surface area contributed by atoms with Crippen LogP contribution in [0.4, 0.5) is 0 Å². The molecule has 0 aliphatic heterocycles. The van der Waals surface area contributed by atoms with E-state index in [4.69, 9.17) is 51.1 Å². The van der Waals surface area contributed by atoms with Gasteiger partial charge in [0.25, 0.3) is 0 Å². The maximum absolute atomic E-state index is 12.3. The molecule has 8 heteroatoms. The zero-order valence-electron chi connectivity index (χ0n) is 13.8. The van der Waals surface area contributed by atoms with Gasteiger partial charge in [0.15, 0.2) is 0 Å². The van der Waals surface area contributed by atoms with Crippen molar-refractivity contribution in [2.24, 2.45) is 0 Å². The van der Waals surface area contributed by atoms with E-state index in [1.807, 2.05) is 4.90 Å². The second kappa shape index (κ2) is 10.2. The molecule has 0 saturated heterocycles. The third-order valence-electron chi connectivity index (χ3n) is 3.91. The number of benzene rings is 2. The van der Waals surface area contributed by atoms with Crippen LogP contribution in [0, 0.1) is 0 Å². The van der Waals surface area contributed by atoms with Crippen LogP contribution in [0.25, 0.3) is 0 Å². The fourth-order valence-corrected chi connectivity index (χ4v) is 4.20. The number of methoxy groups -OCH3 is 1. The number of rotatable bonds is 7. The number of ether oxygens (including phenoxy) is 1. The lowest BCUT2D eigenvalue weighted by Crippen LogP contribution is -2.42. The zero-order valence-corrected chi connectivity index (χ0v) is 18.4. The molecule has 1 unspecified atom stereocenters. The van der Waals surface area contributed by atoms with Gasteiger partial charge in [-0.1, -0.05) is 74.5 Å². The van der Waals surface area contributed by atoms with Crippen LogP contribution in [0.3, 0.4) is 0 Å². The number of nitrogens with zero attached hydrogens (tertiary/aromatic N) is 1. The molecule has 2 aromatic rings. The summed E-state index contributed by atoms with van der Waals surface area (Å²) in [5.74, 6) is -0.381. The maximum atomic E-state index is 12.3. The van der Waals surface area contributed by atoms with E-state index < -0.39 is 6.04 Å². The molecule has 1 atom stereocenters. The summed E-state index contributed by atoms with van der Waals surface area (Å²) in [7, 11) is 1.35. The molecule has 0 heterocycles. The number of carbonyl (C=O) groups is 1. The minimum Gasteiger partial charge on any atom is -0.468 e. The molecule has 0 aliphatic carbocycles. The Kier molecular flexibility index (Phi) is 8.52. The van der Waals surface area contributed by atoms with E-state index in [-0.39, 0.29) is 5.97 Å². The molecular formula is C18H16BrCl4NO2. The van der Waals surface area contributed by atoms with Crippen LogP contribution in [-0.4, -0.2) is 29.4 Å². The third kappa shape index (κ3) is 5.28.